The van der Waals surface area contributed by atoms with Crippen LogP contribution in [0.3, 0.4) is 0 Å². The van der Waals surface area contributed by atoms with Crippen LogP contribution in [0.15, 0.2) is 42.5 Å². The first kappa shape index (κ1) is 26.7. The summed E-state index contributed by atoms with van der Waals surface area (Å²) in [6, 6.07) is 10.8. The van der Waals surface area contributed by atoms with Gasteiger partial charge >= 0.3 is 5.97 Å². The first-order valence-corrected chi connectivity index (χ1v) is 14.2. The van der Waals surface area contributed by atoms with E-state index in [1.807, 2.05) is 19.9 Å². The minimum Gasteiger partial charge on any atom is -0.468 e. The number of ether oxygens (including phenoxy) is 1. The zero-order chi connectivity index (χ0) is 26.3. The van der Waals surface area contributed by atoms with Crippen LogP contribution in [0, 0.1) is 17.0 Å². The quantitative estimate of drug-likeness (QED) is 0.419. The number of halogens is 2. The number of carbonyl (C=O) groups excluding carboxylic acids is 1. The molecule has 2 aromatic carbocycles. The monoisotopic (exact) mass is 519 g/mol. The predicted octanol–water partition coefficient (Wildman–Crippen LogP) is 6.03. The van der Waals surface area contributed by atoms with Gasteiger partial charge in [-0.05, 0) is 55.7 Å². The maximum absolute atomic E-state index is 15.5. The fourth-order valence-corrected chi connectivity index (χ4v) is 8.40. The molecule has 0 amide bonds. The third-order valence-corrected chi connectivity index (χ3v) is 11.0. The van der Waals surface area contributed by atoms with Crippen molar-refractivity contribution in [1.29, 1.82) is 0 Å². The number of sulfonamides is 1. The van der Waals surface area contributed by atoms with E-state index in [0.717, 1.165) is 25.0 Å². The summed E-state index contributed by atoms with van der Waals surface area (Å²) in [5.74, 6) is -1.99. The molecular weight excluding hydrogens is 484 g/mol. The molecule has 36 heavy (non-hydrogen) atoms. The van der Waals surface area contributed by atoms with Crippen molar-refractivity contribution in [2.24, 2.45) is 5.41 Å². The van der Waals surface area contributed by atoms with Gasteiger partial charge in [0, 0.05) is 23.7 Å². The Hall–Kier alpha value is -2.32. The largest absolute Gasteiger partial charge is 0.468 e. The molecule has 196 valence electrons. The standard InChI is InChI=1S/C28H35F2NO4S/c1-5-27(6-2)17-28(18-27,26(32)35-4)22-15-23(29)21(14-24(22)30)16-31-19(3)12-13-25(36(31,33)34)20-10-8-7-9-11-20/h7-11,14-15,19,25H,5-6,12-13,16-18H2,1-4H3/t19-,25+/m0/s1. The lowest BCUT2D eigenvalue weighted by Gasteiger charge is -2.54. The van der Waals surface area contributed by atoms with Gasteiger partial charge in [0.05, 0.1) is 12.5 Å². The minimum absolute atomic E-state index is 0.00941. The normalized spacial score (nSPS) is 24.6. The number of hydrogen-bond donors (Lipinski definition) is 0. The third kappa shape index (κ3) is 4.36. The highest BCUT2D eigenvalue weighted by Crippen LogP contribution is 2.60. The average Bonchev–Trinajstić information content (AvgIpc) is 2.84. The third-order valence-electron chi connectivity index (χ3n) is 8.60. The maximum atomic E-state index is 15.5. The number of hydrogen-bond acceptors (Lipinski definition) is 4. The Morgan fingerprint density at radius 3 is 2.28 bits per heavy atom. The van der Waals surface area contributed by atoms with E-state index in [1.54, 1.807) is 31.2 Å². The summed E-state index contributed by atoms with van der Waals surface area (Å²) in [4.78, 5) is 12.8. The Morgan fingerprint density at radius 2 is 1.69 bits per heavy atom. The minimum atomic E-state index is -3.80. The summed E-state index contributed by atoms with van der Waals surface area (Å²) >= 11 is 0. The molecule has 0 aromatic heterocycles. The first-order valence-electron chi connectivity index (χ1n) is 12.7. The molecule has 1 saturated carbocycles. The molecule has 8 heteroatoms. The Kier molecular flexibility index (Phi) is 7.32. The molecule has 0 N–H and O–H groups in total. The second-order valence-electron chi connectivity index (χ2n) is 10.5. The van der Waals surface area contributed by atoms with Crippen LogP contribution in [0.1, 0.15) is 81.2 Å². The van der Waals surface area contributed by atoms with Crippen molar-refractivity contribution < 1.29 is 26.7 Å². The van der Waals surface area contributed by atoms with Gasteiger partial charge in [-0.1, -0.05) is 57.0 Å². The molecule has 1 heterocycles. The number of nitrogens with zero attached hydrogens (tertiary/aromatic N) is 1. The smallest absolute Gasteiger partial charge is 0.316 e. The predicted molar refractivity (Wildman–Crippen MR) is 135 cm³/mol. The fraction of sp³-hybridized carbons (Fsp3) is 0.536. The van der Waals surface area contributed by atoms with Gasteiger partial charge in [0.25, 0.3) is 0 Å². The summed E-state index contributed by atoms with van der Waals surface area (Å²) < 4.78 is 64.3. The summed E-state index contributed by atoms with van der Waals surface area (Å²) in [5, 5.41) is -0.726. The van der Waals surface area contributed by atoms with E-state index < -0.39 is 38.3 Å². The Labute approximate surface area is 212 Å². The van der Waals surface area contributed by atoms with Crippen LogP contribution >= 0.6 is 0 Å². The van der Waals surface area contributed by atoms with Crippen molar-refractivity contribution in [2.75, 3.05) is 7.11 Å². The van der Waals surface area contributed by atoms with Gasteiger partial charge in [-0.2, -0.15) is 4.31 Å². The molecule has 1 aliphatic heterocycles. The fourth-order valence-electron chi connectivity index (χ4n) is 6.21. The lowest BCUT2D eigenvalue weighted by Crippen LogP contribution is -2.55. The second-order valence-corrected chi connectivity index (χ2v) is 12.5. The molecule has 5 nitrogen and oxygen atoms in total. The molecule has 2 aliphatic rings. The SMILES string of the molecule is CCC1(CC)CC(C(=O)OC)(c2cc(F)c(CN3[C@@H](C)CC[C@H](c4ccccc4)S3(=O)=O)cc2F)C1. The van der Waals surface area contributed by atoms with Gasteiger partial charge in [-0.25, -0.2) is 17.2 Å². The Bertz CT molecular complexity index is 1220. The molecule has 2 aromatic rings. The van der Waals surface area contributed by atoms with Crippen molar-refractivity contribution >= 4 is 16.0 Å². The number of methoxy groups -OCH3 is 1. The zero-order valence-corrected chi connectivity index (χ0v) is 22.2. The van der Waals surface area contributed by atoms with Crippen LogP contribution in [0.5, 0.6) is 0 Å². The summed E-state index contributed by atoms with van der Waals surface area (Å²) in [6.45, 7) is 5.59. The number of carbonyl (C=O) groups is 1. The number of benzene rings is 2. The van der Waals surface area contributed by atoms with Crippen molar-refractivity contribution in [2.45, 2.75) is 82.5 Å². The molecule has 0 radical (unpaired) electrons. The van der Waals surface area contributed by atoms with Crippen LogP contribution < -0.4 is 0 Å². The molecule has 0 unspecified atom stereocenters. The van der Waals surface area contributed by atoms with E-state index in [0.29, 0.717) is 31.2 Å². The highest BCUT2D eigenvalue weighted by atomic mass is 32.2. The molecule has 1 saturated heterocycles. The van der Waals surface area contributed by atoms with Crippen LogP contribution in [0.25, 0.3) is 0 Å². The van der Waals surface area contributed by atoms with Crippen LogP contribution in [-0.2, 0) is 31.5 Å². The summed E-state index contributed by atoms with van der Waals surface area (Å²) in [7, 11) is -2.54. The number of esters is 1. The van der Waals surface area contributed by atoms with Crippen molar-refractivity contribution in [3.63, 3.8) is 0 Å². The van der Waals surface area contributed by atoms with E-state index in [-0.39, 0.29) is 29.1 Å². The number of rotatable bonds is 7. The Balaban J connectivity index is 1.67. The van der Waals surface area contributed by atoms with Crippen LogP contribution in [-0.4, -0.2) is 31.8 Å². The topological polar surface area (TPSA) is 63.7 Å². The molecule has 4 rings (SSSR count). The molecule has 1 aliphatic carbocycles. The van der Waals surface area contributed by atoms with E-state index in [9.17, 15) is 13.2 Å². The lowest BCUT2D eigenvalue weighted by molar-refractivity contribution is -0.159. The van der Waals surface area contributed by atoms with Crippen LogP contribution in [0.2, 0.25) is 0 Å². The van der Waals surface area contributed by atoms with Crippen molar-refractivity contribution in [1.82, 2.24) is 4.31 Å². The summed E-state index contributed by atoms with van der Waals surface area (Å²) in [5.41, 5.74) is -0.703. The van der Waals surface area contributed by atoms with E-state index >= 15 is 8.78 Å². The zero-order valence-electron chi connectivity index (χ0n) is 21.4. The summed E-state index contributed by atoms with van der Waals surface area (Å²) in [6.07, 6.45) is 3.54. The molecule has 2 fully saturated rings. The lowest BCUT2D eigenvalue weighted by atomic mass is 9.48. The van der Waals surface area contributed by atoms with E-state index in [4.69, 9.17) is 4.74 Å². The van der Waals surface area contributed by atoms with Gasteiger partial charge in [-0.3, -0.25) is 4.79 Å². The van der Waals surface area contributed by atoms with Crippen LogP contribution in [0.4, 0.5) is 8.78 Å². The van der Waals surface area contributed by atoms with E-state index in [2.05, 4.69) is 0 Å². The van der Waals surface area contributed by atoms with Gasteiger partial charge in [-0.15, -0.1) is 0 Å². The molecular formula is C28H35F2NO4S. The van der Waals surface area contributed by atoms with Gasteiger partial charge in [0.15, 0.2) is 0 Å². The molecule has 0 bridgehead atoms. The Morgan fingerprint density at radius 1 is 1.06 bits per heavy atom. The highest BCUT2D eigenvalue weighted by molar-refractivity contribution is 7.89. The highest BCUT2D eigenvalue weighted by Gasteiger charge is 2.59. The van der Waals surface area contributed by atoms with Gasteiger partial charge in [0.1, 0.15) is 16.9 Å². The maximum Gasteiger partial charge on any atom is 0.316 e. The average molecular weight is 520 g/mol. The van der Waals surface area contributed by atoms with E-state index in [1.165, 1.54) is 11.4 Å². The molecule has 2 atom stereocenters. The van der Waals surface area contributed by atoms with Crippen molar-refractivity contribution in [3.05, 3.63) is 70.8 Å². The first-order chi connectivity index (χ1) is 17.0. The molecule has 0 spiro atoms. The second kappa shape index (κ2) is 9.86. The van der Waals surface area contributed by atoms with Gasteiger partial charge < -0.3 is 4.74 Å². The van der Waals surface area contributed by atoms with Gasteiger partial charge in [0.2, 0.25) is 10.0 Å². The van der Waals surface area contributed by atoms with Crippen molar-refractivity contribution in [3.8, 4) is 0 Å².